The van der Waals surface area contributed by atoms with Crippen LogP contribution >= 0.6 is 0 Å². The summed E-state index contributed by atoms with van der Waals surface area (Å²) in [6.45, 7) is 0.162. The molecule has 0 bridgehead atoms. The van der Waals surface area contributed by atoms with Crippen LogP contribution in [0.1, 0.15) is 15.9 Å². The fourth-order valence-corrected chi connectivity index (χ4v) is 2.95. The van der Waals surface area contributed by atoms with Crippen molar-refractivity contribution < 1.29 is 19.0 Å². The van der Waals surface area contributed by atoms with Crippen LogP contribution in [0.5, 0.6) is 17.2 Å². The summed E-state index contributed by atoms with van der Waals surface area (Å²) in [5, 5.41) is 0.860. The predicted octanol–water partition coefficient (Wildman–Crippen LogP) is 2.83. The fourth-order valence-electron chi connectivity index (χ4n) is 2.95. The zero-order valence-corrected chi connectivity index (χ0v) is 16.2. The Labute approximate surface area is 162 Å². The lowest BCUT2D eigenvalue weighted by Crippen LogP contribution is -2.29. The second-order valence-corrected chi connectivity index (χ2v) is 6.34. The van der Waals surface area contributed by atoms with Crippen molar-refractivity contribution >= 4 is 16.8 Å². The monoisotopic (exact) mass is 382 g/mol. The van der Waals surface area contributed by atoms with Crippen molar-refractivity contribution in [3.8, 4) is 17.2 Å². The molecule has 0 atom stereocenters. The van der Waals surface area contributed by atoms with Crippen LogP contribution in [0, 0.1) is 0 Å². The quantitative estimate of drug-likeness (QED) is 0.709. The third kappa shape index (κ3) is 3.93. The van der Waals surface area contributed by atoms with E-state index in [0.29, 0.717) is 33.9 Å². The van der Waals surface area contributed by atoms with E-state index in [9.17, 15) is 9.59 Å². The normalized spacial score (nSPS) is 10.6. The third-order valence-corrected chi connectivity index (χ3v) is 4.48. The molecule has 146 valence electrons. The molecule has 0 saturated heterocycles. The van der Waals surface area contributed by atoms with Crippen molar-refractivity contribution in [2.75, 3.05) is 28.4 Å². The number of pyridine rings is 1. The molecular formula is C21H22N2O5. The first-order valence-corrected chi connectivity index (χ1v) is 8.63. The molecule has 0 aliphatic rings. The Hall–Kier alpha value is -3.48. The van der Waals surface area contributed by atoms with Crippen molar-refractivity contribution in [2.24, 2.45) is 0 Å². The fraction of sp³-hybridized carbons (Fsp3) is 0.238. The van der Waals surface area contributed by atoms with Gasteiger partial charge < -0.3 is 24.1 Å². The number of hydrogen-bond acceptors (Lipinski definition) is 5. The first kappa shape index (κ1) is 19.3. The molecule has 1 aromatic heterocycles. The lowest BCUT2D eigenvalue weighted by Gasteiger charge is -2.18. The van der Waals surface area contributed by atoms with E-state index in [1.165, 1.54) is 19.1 Å². The molecule has 0 unspecified atom stereocenters. The Balaban J connectivity index is 1.88. The van der Waals surface area contributed by atoms with Crippen molar-refractivity contribution in [1.29, 1.82) is 0 Å². The second-order valence-electron chi connectivity index (χ2n) is 6.34. The number of amides is 1. The summed E-state index contributed by atoms with van der Waals surface area (Å²) in [5.74, 6) is 1.46. The average molecular weight is 382 g/mol. The van der Waals surface area contributed by atoms with Crippen LogP contribution in [0.3, 0.4) is 0 Å². The predicted molar refractivity (Wildman–Crippen MR) is 106 cm³/mol. The molecule has 0 saturated carbocycles. The second kappa shape index (κ2) is 8.04. The summed E-state index contributed by atoms with van der Waals surface area (Å²) in [6.07, 6.45) is 0. The summed E-state index contributed by atoms with van der Waals surface area (Å²) in [4.78, 5) is 29.6. The minimum atomic E-state index is -0.247. The summed E-state index contributed by atoms with van der Waals surface area (Å²) < 4.78 is 15.6. The first-order valence-electron chi connectivity index (χ1n) is 8.63. The Morgan fingerprint density at radius 1 is 0.929 bits per heavy atom. The Bertz CT molecular complexity index is 1050. The number of fused-ring (bicyclic) bond motifs is 1. The van der Waals surface area contributed by atoms with E-state index in [-0.39, 0.29) is 18.0 Å². The maximum atomic E-state index is 12.8. The molecular weight excluding hydrogens is 360 g/mol. The van der Waals surface area contributed by atoms with E-state index >= 15 is 0 Å². The highest BCUT2D eigenvalue weighted by Gasteiger charge is 2.16. The van der Waals surface area contributed by atoms with E-state index < -0.39 is 0 Å². The molecule has 2 aromatic carbocycles. The van der Waals surface area contributed by atoms with Gasteiger partial charge in [0.05, 0.1) is 33.4 Å². The molecule has 0 radical (unpaired) electrons. The lowest BCUT2D eigenvalue weighted by atomic mass is 10.1. The SMILES string of the molecule is COc1cc(OC)cc(C(=O)N(C)Cc2cc3ccc(OC)cc3[nH]c2=O)c1. The number of hydrogen-bond donors (Lipinski definition) is 1. The molecule has 1 heterocycles. The first-order chi connectivity index (χ1) is 13.4. The molecule has 28 heavy (non-hydrogen) atoms. The smallest absolute Gasteiger partial charge is 0.254 e. The van der Waals surface area contributed by atoms with Crippen LogP contribution in [0.15, 0.2) is 47.3 Å². The maximum absolute atomic E-state index is 12.8. The van der Waals surface area contributed by atoms with Crippen LogP contribution in [-0.4, -0.2) is 44.2 Å². The number of benzene rings is 2. The van der Waals surface area contributed by atoms with Gasteiger partial charge in [-0.3, -0.25) is 9.59 Å². The topological polar surface area (TPSA) is 80.9 Å². The number of carbonyl (C=O) groups is 1. The minimum Gasteiger partial charge on any atom is -0.497 e. The van der Waals surface area contributed by atoms with Crippen LogP contribution in [0.2, 0.25) is 0 Å². The Morgan fingerprint density at radius 2 is 1.57 bits per heavy atom. The van der Waals surface area contributed by atoms with Gasteiger partial charge in [-0.25, -0.2) is 0 Å². The number of aromatic amines is 1. The van der Waals surface area contributed by atoms with Crippen LogP contribution < -0.4 is 19.8 Å². The van der Waals surface area contributed by atoms with Crippen LogP contribution in [-0.2, 0) is 6.54 Å². The summed E-state index contributed by atoms with van der Waals surface area (Å²) in [7, 11) is 6.26. The molecule has 1 N–H and O–H groups in total. The number of rotatable bonds is 6. The number of nitrogens with one attached hydrogen (secondary N) is 1. The standard InChI is InChI=1S/C21H22N2O5/c1-23(21(25)14-8-17(27-3)10-18(9-14)28-4)12-15-7-13-5-6-16(26-2)11-19(13)22-20(15)24/h5-11H,12H2,1-4H3,(H,22,24). The summed E-state index contributed by atoms with van der Waals surface area (Å²) in [6, 6.07) is 12.2. The van der Waals surface area contributed by atoms with E-state index in [2.05, 4.69) is 4.98 Å². The van der Waals surface area contributed by atoms with Gasteiger partial charge >= 0.3 is 0 Å². The van der Waals surface area contributed by atoms with Crippen molar-refractivity contribution in [3.63, 3.8) is 0 Å². The van der Waals surface area contributed by atoms with Crippen molar-refractivity contribution in [1.82, 2.24) is 9.88 Å². The van der Waals surface area contributed by atoms with E-state index in [1.54, 1.807) is 44.5 Å². The molecule has 1 amide bonds. The highest BCUT2D eigenvalue weighted by atomic mass is 16.5. The van der Waals surface area contributed by atoms with Gasteiger partial charge in [0, 0.05) is 30.3 Å². The van der Waals surface area contributed by atoms with Gasteiger partial charge in [-0.15, -0.1) is 0 Å². The molecule has 0 aliphatic carbocycles. The lowest BCUT2D eigenvalue weighted by molar-refractivity contribution is 0.0784. The highest BCUT2D eigenvalue weighted by Crippen LogP contribution is 2.24. The zero-order chi connectivity index (χ0) is 20.3. The van der Waals surface area contributed by atoms with E-state index in [0.717, 1.165) is 5.39 Å². The summed E-state index contributed by atoms with van der Waals surface area (Å²) >= 11 is 0. The molecule has 3 aromatic rings. The van der Waals surface area contributed by atoms with Crippen LogP contribution in [0.25, 0.3) is 10.9 Å². The number of carbonyl (C=O) groups excluding carboxylic acids is 1. The van der Waals surface area contributed by atoms with Gasteiger partial charge in [0.15, 0.2) is 0 Å². The van der Waals surface area contributed by atoms with Gasteiger partial charge in [-0.1, -0.05) is 0 Å². The number of aromatic nitrogens is 1. The van der Waals surface area contributed by atoms with Crippen LogP contribution in [0.4, 0.5) is 0 Å². The minimum absolute atomic E-state index is 0.162. The van der Waals surface area contributed by atoms with Gasteiger partial charge in [0.1, 0.15) is 17.2 Å². The Kier molecular flexibility index (Phi) is 5.54. The van der Waals surface area contributed by atoms with Gasteiger partial charge in [-0.2, -0.15) is 0 Å². The largest absolute Gasteiger partial charge is 0.497 e. The highest BCUT2D eigenvalue weighted by molar-refractivity contribution is 5.95. The maximum Gasteiger partial charge on any atom is 0.254 e. The van der Waals surface area contributed by atoms with Gasteiger partial charge in [-0.05, 0) is 35.7 Å². The molecule has 0 aliphatic heterocycles. The van der Waals surface area contributed by atoms with Crippen molar-refractivity contribution in [3.05, 3.63) is 63.9 Å². The number of methoxy groups -OCH3 is 3. The number of nitrogens with zero attached hydrogens (tertiary/aromatic N) is 1. The summed E-state index contributed by atoms with van der Waals surface area (Å²) in [5.41, 5.74) is 1.34. The Morgan fingerprint density at radius 3 is 2.18 bits per heavy atom. The van der Waals surface area contributed by atoms with Crippen molar-refractivity contribution in [2.45, 2.75) is 6.54 Å². The average Bonchev–Trinajstić information content (AvgIpc) is 2.72. The molecule has 3 rings (SSSR count). The molecule has 7 heteroatoms. The zero-order valence-electron chi connectivity index (χ0n) is 16.2. The van der Waals surface area contributed by atoms with Gasteiger partial charge in [0.2, 0.25) is 0 Å². The number of H-pyrrole nitrogens is 1. The molecule has 7 nitrogen and oxygen atoms in total. The van der Waals surface area contributed by atoms with E-state index in [4.69, 9.17) is 14.2 Å². The third-order valence-electron chi connectivity index (χ3n) is 4.48. The number of ether oxygens (including phenoxy) is 3. The van der Waals surface area contributed by atoms with E-state index in [1.807, 2.05) is 12.1 Å². The molecule has 0 spiro atoms. The molecule has 0 fully saturated rings. The van der Waals surface area contributed by atoms with Gasteiger partial charge in [0.25, 0.3) is 11.5 Å².